The monoisotopic (exact) mass is 348 g/mol. The Balaban J connectivity index is 1.49. The third-order valence-electron chi connectivity index (χ3n) is 4.77. The van der Waals surface area contributed by atoms with Gasteiger partial charge in [-0.15, -0.1) is 0 Å². The van der Waals surface area contributed by atoms with Gasteiger partial charge in [0.1, 0.15) is 0 Å². The van der Waals surface area contributed by atoms with Gasteiger partial charge in [0.15, 0.2) is 0 Å². The summed E-state index contributed by atoms with van der Waals surface area (Å²) in [5.41, 5.74) is 2.40. The van der Waals surface area contributed by atoms with Crippen molar-refractivity contribution in [1.29, 1.82) is 0 Å². The quantitative estimate of drug-likeness (QED) is 0.771. The third kappa shape index (κ3) is 3.06. The molecule has 0 atom stereocenters. The van der Waals surface area contributed by atoms with Crippen LogP contribution >= 0.6 is 0 Å². The minimum atomic E-state index is -0.135. The van der Waals surface area contributed by atoms with Crippen LogP contribution in [0.1, 0.15) is 15.9 Å². The number of benzene rings is 2. The molecule has 0 unspecified atom stereocenters. The lowest BCUT2D eigenvalue weighted by atomic mass is 10.1. The molecule has 1 aliphatic rings. The maximum absolute atomic E-state index is 12.6. The van der Waals surface area contributed by atoms with Gasteiger partial charge >= 0.3 is 0 Å². The number of aromatic amines is 1. The van der Waals surface area contributed by atoms with E-state index in [-0.39, 0.29) is 11.5 Å². The molecule has 1 aromatic heterocycles. The third-order valence-corrected chi connectivity index (χ3v) is 4.77. The number of hydrogen-bond donors (Lipinski definition) is 1. The first-order valence-corrected chi connectivity index (χ1v) is 8.72. The second kappa shape index (κ2) is 6.63. The number of fused-ring (bicyclic) bond motifs is 1. The summed E-state index contributed by atoms with van der Waals surface area (Å²) in [5.74, 6) is 0.612. The number of para-hydroxylation sites is 1. The normalized spacial score (nSPS) is 14.7. The molecule has 0 aliphatic carbocycles. The molecular formula is C20H20N4O2. The molecule has 26 heavy (non-hydrogen) atoms. The molecular weight excluding hydrogens is 328 g/mol. The van der Waals surface area contributed by atoms with E-state index in [4.69, 9.17) is 0 Å². The summed E-state index contributed by atoms with van der Waals surface area (Å²) in [4.78, 5) is 36.1. The van der Waals surface area contributed by atoms with Gasteiger partial charge in [-0.05, 0) is 31.2 Å². The van der Waals surface area contributed by atoms with Gasteiger partial charge in [-0.1, -0.05) is 29.8 Å². The number of carbonyl (C=O) groups excluding carboxylic acids is 1. The van der Waals surface area contributed by atoms with Crippen molar-refractivity contribution < 1.29 is 4.79 Å². The van der Waals surface area contributed by atoms with E-state index in [1.54, 1.807) is 6.07 Å². The minimum absolute atomic E-state index is 0.0459. The van der Waals surface area contributed by atoms with E-state index in [0.717, 1.165) is 5.56 Å². The molecule has 1 amide bonds. The topological polar surface area (TPSA) is 69.3 Å². The Labute approximate surface area is 151 Å². The van der Waals surface area contributed by atoms with E-state index in [9.17, 15) is 9.59 Å². The molecule has 3 aromatic rings. The molecule has 6 nitrogen and oxygen atoms in total. The first kappa shape index (κ1) is 16.3. The predicted octanol–water partition coefficient (Wildman–Crippen LogP) is 2.19. The van der Waals surface area contributed by atoms with Crippen molar-refractivity contribution in [3.05, 3.63) is 70.0 Å². The number of piperazine rings is 1. The van der Waals surface area contributed by atoms with Gasteiger partial charge in [0.05, 0.1) is 10.9 Å². The maximum atomic E-state index is 12.6. The largest absolute Gasteiger partial charge is 0.339 e. The molecule has 1 aliphatic heterocycles. The van der Waals surface area contributed by atoms with Gasteiger partial charge in [-0.3, -0.25) is 14.6 Å². The van der Waals surface area contributed by atoms with E-state index in [1.807, 2.05) is 59.2 Å². The number of hydrogen-bond acceptors (Lipinski definition) is 4. The summed E-state index contributed by atoms with van der Waals surface area (Å²) in [6, 6.07) is 14.9. The van der Waals surface area contributed by atoms with E-state index in [1.165, 1.54) is 0 Å². The molecule has 2 aromatic carbocycles. The Hall–Kier alpha value is -3.15. The van der Waals surface area contributed by atoms with Gasteiger partial charge in [-0.25, -0.2) is 4.98 Å². The Kier molecular flexibility index (Phi) is 4.16. The highest BCUT2D eigenvalue weighted by Gasteiger charge is 2.23. The summed E-state index contributed by atoms with van der Waals surface area (Å²) < 4.78 is 0. The molecule has 1 saturated heterocycles. The zero-order valence-electron chi connectivity index (χ0n) is 14.6. The second-order valence-corrected chi connectivity index (χ2v) is 6.55. The molecule has 0 spiro atoms. The average Bonchev–Trinajstić information content (AvgIpc) is 2.68. The Morgan fingerprint density at radius 2 is 1.69 bits per heavy atom. The predicted molar refractivity (Wildman–Crippen MR) is 102 cm³/mol. The zero-order chi connectivity index (χ0) is 18.1. The van der Waals surface area contributed by atoms with Crippen LogP contribution in [0.5, 0.6) is 0 Å². The van der Waals surface area contributed by atoms with Crippen molar-refractivity contribution in [2.45, 2.75) is 6.92 Å². The number of amides is 1. The lowest BCUT2D eigenvalue weighted by molar-refractivity contribution is 0.0746. The molecule has 1 N–H and O–H groups in total. The van der Waals surface area contributed by atoms with E-state index in [0.29, 0.717) is 48.6 Å². The zero-order valence-corrected chi connectivity index (χ0v) is 14.6. The van der Waals surface area contributed by atoms with Crippen molar-refractivity contribution in [2.75, 3.05) is 31.1 Å². The van der Waals surface area contributed by atoms with Crippen LogP contribution in [0.2, 0.25) is 0 Å². The molecule has 1 fully saturated rings. The number of nitrogens with one attached hydrogen (secondary N) is 1. The van der Waals surface area contributed by atoms with Gasteiger partial charge in [0, 0.05) is 31.7 Å². The van der Waals surface area contributed by atoms with Gasteiger partial charge < -0.3 is 9.80 Å². The molecule has 4 rings (SSSR count). The van der Waals surface area contributed by atoms with Crippen molar-refractivity contribution >= 4 is 22.8 Å². The average molecular weight is 348 g/mol. The van der Waals surface area contributed by atoms with Crippen molar-refractivity contribution in [1.82, 2.24) is 14.9 Å². The second-order valence-electron chi connectivity index (χ2n) is 6.55. The van der Waals surface area contributed by atoms with Crippen molar-refractivity contribution in [2.24, 2.45) is 0 Å². The van der Waals surface area contributed by atoms with Crippen molar-refractivity contribution in [3.8, 4) is 0 Å². The SMILES string of the molecule is Cc1ccc(C(=O)N2CCN(c3nc4ccccc4c(=O)[nH]3)CC2)cc1. The number of aryl methyl sites for hydroxylation is 1. The van der Waals surface area contributed by atoms with E-state index < -0.39 is 0 Å². The highest BCUT2D eigenvalue weighted by molar-refractivity contribution is 5.94. The Morgan fingerprint density at radius 1 is 1.00 bits per heavy atom. The number of H-pyrrole nitrogens is 1. The van der Waals surface area contributed by atoms with Gasteiger partial charge in [0.25, 0.3) is 11.5 Å². The molecule has 0 bridgehead atoms. The number of anilines is 1. The summed E-state index contributed by atoms with van der Waals surface area (Å²) in [5, 5.41) is 0.587. The number of rotatable bonds is 2. The summed E-state index contributed by atoms with van der Waals surface area (Å²) in [6.07, 6.45) is 0. The van der Waals surface area contributed by atoms with Crippen LogP contribution in [-0.4, -0.2) is 47.0 Å². The van der Waals surface area contributed by atoms with Crippen LogP contribution in [0.3, 0.4) is 0 Å². The summed E-state index contributed by atoms with van der Waals surface area (Å²) >= 11 is 0. The molecule has 2 heterocycles. The maximum Gasteiger partial charge on any atom is 0.260 e. The first-order chi connectivity index (χ1) is 12.6. The molecule has 0 radical (unpaired) electrons. The van der Waals surface area contributed by atoms with Crippen LogP contribution in [0.15, 0.2) is 53.3 Å². The Morgan fingerprint density at radius 3 is 2.42 bits per heavy atom. The van der Waals surface area contributed by atoms with Crippen molar-refractivity contribution in [3.63, 3.8) is 0 Å². The minimum Gasteiger partial charge on any atom is -0.339 e. The number of nitrogens with zero attached hydrogens (tertiary/aromatic N) is 3. The highest BCUT2D eigenvalue weighted by atomic mass is 16.2. The lowest BCUT2D eigenvalue weighted by Gasteiger charge is -2.35. The standard InChI is InChI=1S/C20H20N4O2/c1-14-6-8-15(9-7-14)19(26)23-10-12-24(13-11-23)20-21-17-5-3-2-4-16(17)18(25)22-20/h2-9H,10-13H2,1H3,(H,21,22,25). The molecule has 6 heteroatoms. The molecule has 132 valence electrons. The lowest BCUT2D eigenvalue weighted by Crippen LogP contribution is -2.49. The van der Waals surface area contributed by atoms with Crippen LogP contribution < -0.4 is 10.5 Å². The highest BCUT2D eigenvalue weighted by Crippen LogP contribution is 2.15. The van der Waals surface area contributed by atoms with Gasteiger partial charge in [0.2, 0.25) is 5.95 Å². The van der Waals surface area contributed by atoms with Gasteiger partial charge in [-0.2, -0.15) is 0 Å². The molecule has 0 saturated carbocycles. The smallest absolute Gasteiger partial charge is 0.260 e. The Bertz CT molecular complexity index is 1000. The fourth-order valence-electron chi connectivity index (χ4n) is 3.22. The van der Waals surface area contributed by atoms with Crippen LogP contribution in [-0.2, 0) is 0 Å². The fraction of sp³-hybridized carbons (Fsp3) is 0.250. The van der Waals surface area contributed by atoms with Crippen LogP contribution in [0.4, 0.5) is 5.95 Å². The summed E-state index contributed by atoms with van der Waals surface area (Å²) in [7, 11) is 0. The van der Waals surface area contributed by atoms with Crippen LogP contribution in [0.25, 0.3) is 10.9 Å². The summed E-state index contributed by atoms with van der Waals surface area (Å²) in [6.45, 7) is 4.48. The fourth-order valence-corrected chi connectivity index (χ4v) is 3.22. The van der Waals surface area contributed by atoms with E-state index in [2.05, 4.69) is 9.97 Å². The van der Waals surface area contributed by atoms with Crippen LogP contribution in [0, 0.1) is 6.92 Å². The first-order valence-electron chi connectivity index (χ1n) is 8.72. The number of carbonyl (C=O) groups is 1. The number of aromatic nitrogens is 2. The van der Waals surface area contributed by atoms with E-state index >= 15 is 0 Å².